The molecular formula is C9H7F3N4. The molecule has 0 aliphatic rings. The van der Waals surface area contributed by atoms with Crippen LogP contribution in [0.2, 0.25) is 0 Å². The Kier molecular flexibility index (Phi) is 2.37. The average Bonchev–Trinajstić information content (AvgIpc) is 2.63. The molecule has 84 valence electrons. The number of benzene rings is 1. The van der Waals surface area contributed by atoms with E-state index in [-0.39, 0.29) is 0 Å². The summed E-state index contributed by atoms with van der Waals surface area (Å²) in [6, 6.07) is 4.64. The Morgan fingerprint density at radius 2 is 1.75 bits per heavy atom. The van der Waals surface area contributed by atoms with Crippen molar-refractivity contribution in [2.24, 2.45) is 0 Å². The van der Waals surface area contributed by atoms with Crippen LogP contribution in [0, 0.1) is 6.92 Å². The van der Waals surface area contributed by atoms with E-state index in [0.717, 1.165) is 12.1 Å². The van der Waals surface area contributed by atoms with Gasteiger partial charge in [0.25, 0.3) is 0 Å². The zero-order chi connectivity index (χ0) is 11.8. The van der Waals surface area contributed by atoms with E-state index >= 15 is 0 Å². The second kappa shape index (κ2) is 3.58. The molecule has 0 radical (unpaired) electrons. The van der Waals surface area contributed by atoms with Crippen LogP contribution >= 0.6 is 0 Å². The van der Waals surface area contributed by atoms with Crippen LogP contribution in [-0.4, -0.2) is 20.2 Å². The van der Waals surface area contributed by atoms with Crippen LogP contribution in [0.1, 0.15) is 11.4 Å². The molecule has 0 aliphatic carbocycles. The first-order chi connectivity index (χ1) is 7.48. The molecule has 2 aromatic rings. The number of halogens is 3. The van der Waals surface area contributed by atoms with Crippen LogP contribution < -0.4 is 0 Å². The lowest BCUT2D eigenvalue weighted by atomic mass is 10.2. The fourth-order valence-electron chi connectivity index (χ4n) is 1.26. The summed E-state index contributed by atoms with van der Waals surface area (Å²) in [4.78, 5) is 0. The summed E-state index contributed by atoms with van der Waals surface area (Å²) in [7, 11) is 0. The Hall–Kier alpha value is -1.92. The van der Waals surface area contributed by atoms with Crippen molar-refractivity contribution in [3.05, 3.63) is 35.7 Å². The van der Waals surface area contributed by atoms with Crippen LogP contribution in [0.4, 0.5) is 13.2 Å². The summed E-state index contributed by atoms with van der Waals surface area (Å²) in [6.07, 6.45) is -4.33. The van der Waals surface area contributed by atoms with Crippen molar-refractivity contribution < 1.29 is 13.2 Å². The largest absolute Gasteiger partial charge is 0.416 e. The summed E-state index contributed by atoms with van der Waals surface area (Å²) >= 11 is 0. The molecule has 1 heterocycles. The maximum atomic E-state index is 12.3. The number of aromatic nitrogens is 4. The molecule has 0 atom stereocenters. The molecule has 0 N–H and O–H groups in total. The highest BCUT2D eigenvalue weighted by Gasteiger charge is 2.30. The lowest BCUT2D eigenvalue weighted by Crippen LogP contribution is -2.05. The lowest BCUT2D eigenvalue weighted by Gasteiger charge is -2.07. The first-order valence-electron chi connectivity index (χ1n) is 4.41. The third kappa shape index (κ3) is 1.88. The predicted molar refractivity (Wildman–Crippen MR) is 48.9 cm³/mol. The van der Waals surface area contributed by atoms with Crippen molar-refractivity contribution >= 4 is 0 Å². The topological polar surface area (TPSA) is 43.6 Å². The highest BCUT2D eigenvalue weighted by molar-refractivity contribution is 5.35. The van der Waals surface area contributed by atoms with Gasteiger partial charge >= 0.3 is 6.18 Å². The number of aryl methyl sites for hydroxylation is 1. The van der Waals surface area contributed by atoms with Crippen LogP contribution in [0.15, 0.2) is 24.3 Å². The van der Waals surface area contributed by atoms with Crippen LogP contribution in [0.5, 0.6) is 0 Å². The minimum Gasteiger partial charge on any atom is -0.198 e. The average molecular weight is 228 g/mol. The van der Waals surface area contributed by atoms with Gasteiger partial charge in [0.1, 0.15) is 0 Å². The maximum absolute atomic E-state index is 12.3. The van der Waals surface area contributed by atoms with Crippen LogP contribution in [0.25, 0.3) is 5.69 Å². The van der Waals surface area contributed by atoms with Gasteiger partial charge in [0.2, 0.25) is 0 Å². The summed E-state index contributed by atoms with van der Waals surface area (Å²) in [5.41, 5.74) is -0.197. The van der Waals surface area contributed by atoms with Gasteiger partial charge in [0, 0.05) is 0 Å². The molecule has 1 aromatic carbocycles. The summed E-state index contributed by atoms with van der Waals surface area (Å²) in [5.74, 6) is 0.514. The third-order valence-electron chi connectivity index (χ3n) is 2.06. The van der Waals surface area contributed by atoms with Gasteiger partial charge in [-0.05, 0) is 41.6 Å². The van der Waals surface area contributed by atoms with Gasteiger partial charge in [0.15, 0.2) is 5.82 Å². The normalized spacial score (nSPS) is 11.8. The van der Waals surface area contributed by atoms with Gasteiger partial charge in [-0.3, -0.25) is 0 Å². The number of rotatable bonds is 1. The Morgan fingerprint density at radius 3 is 2.19 bits per heavy atom. The summed E-state index contributed by atoms with van der Waals surface area (Å²) in [6.45, 7) is 1.66. The molecule has 0 saturated heterocycles. The summed E-state index contributed by atoms with van der Waals surface area (Å²) in [5, 5.41) is 10.7. The quantitative estimate of drug-likeness (QED) is 0.749. The van der Waals surface area contributed by atoms with Crippen molar-refractivity contribution in [1.29, 1.82) is 0 Å². The van der Waals surface area contributed by atoms with E-state index in [2.05, 4.69) is 15.5 Å². The Morgan fingerprint density at radius 1 is 1.12 bits per heavy atom. The minimum atomic E-state index is -4.33. The van der Waals surface area contributed by atoms with E-state index in [1.165, 1.54) is 16.8 Å². The zero-order valence-corrected chi connectivity index (χ0v) is 8.23. The van der Waals surface area contributed by atoms with Gasteiger partial charge in [-0.25, -0.2) is 0 Å². The molecule has 0 unspecified atom stereocenters. The van der Waals surface area contributed by atoms with Crippen molar-refractivity contribution in [1.82, 2.24) is 20.2 Å². The van der Waals surface area contributed by atoms with Crippen molar-refractivity contribution in [2.75, 3.05) is 0 Å². The Labute approximate surface area is 88.7 Å². The molecule has 0 spiro atoms. The fourth-order valence-corrected chi connectivity index (χ4v) is 1.26. The number of hydrogen-bond acceptors (Lipinski definition) is 3. The molecule has 16 heavy (non-hydrogen) atoms. The van der Waals surface area contributed by atoms with Crippen LogP contribution in [-0.2, 0) is 6.18 Å². The molecule has 0 saturated carbocycles. The lowest BCUT2D eigenvalue weighted by molar-refractivity contribution is -0.137. The number of alkyl halides is 3. The van der Waals surface area contributed by atoms with Crippen molar-refractivity contribution in [2.45, 2.75) is 13.1 Å². The minimum absolute atomic E-state index is 0.496. The first-order valence-corrected chi connectivity index (χ1v) is 4.41. The second-order valence-corrected chi connectivity index (χ2v) is 3.18. The molecule has 1 aromatic heterocycles. The number of hydrogen-bond donors (Lipinski definition) is 0. The molecular weight excluding hydrogens is 221 g/mol. The Bertz CT molecular complexity index is 486. The highest BCUT2D eigenvalue weighted by Crippen LogP contribution is 2.29. The second-order valence-electron chi connectivity index (χ2n) is 3.18. The predicted octanol–water partition coefficient (Wildman–Crippen LogP) is 1.99. The first kappa shape index (κ1) is 10.6. The maximum Gasteiger partial charge on any atom is 0.416 e. The molecule has 2 rings (SSSR count). The molecule has 0 bridgehead atoms. The van der Waals surface area contributed by atoms with E-state index in [1.807, 2.05) is 0 Å². The molecule has 0 aliphatic heterocycles. The van der Waals surface area contributed by atoms with Crippen LogP contribution in [0.3, 0.4) is 0 Å². The zero-order valence-electron chi connectivity index (χ0n) is 8.23. The standard InChI is InChI=1S/C9H7F3N4/c1-6-13-14-15-16(6)8-4-2-7(3-5-8)9(10,11)12/h2-5H,1H3. The molecule has 7 heteroatoms. The Balaban J connectivity index is 2.37. The third-order valence-corrected chi connectivity index (χ3v) is 2.06. The highest BCUT2D eigenvalue weighted by atomic mass is 19.4. The molecule has 0 amide bonds. The van der Waals surface area contributed by atoms with E-state index in [4.69, 9.17) is 0 Å². The fraction of sp³-hybridized carbons (Fsp3) is 0.222. The van der Waals surface area contributed by atoms with Gasteiger partial charge in [-0.15, -0.1) is 5.10 Å². The monoisotopic (exact) mass is 228 g/mol. The van der Waals surface area contributed by atoms with Crippen molar-refractivity contribution in [3.8, 4) is 5.69 Å². The number of nitrogens with zero attached hydrogens (tertiary/aromatic N) is 4. The van der Waals surface area contributed by atoms with E-state index in [0.29, 0.717) is 11.5 Å². The van der Waals surface area contributed by atoms with Gasteiger partial charge in [0.05, 0.1) is 11.3 Å². The van der Waals surface area contributed by atoms with Crippen molar-refractivity contribution in [3.63, 3.8) is 0 Å². The molecule has 0 fully saturated rings. The van der Waals surface area contributed by atoms with E-state index < -0.39 is 11.7 Å². The van der Waals surface area contributed by atoms with Gasteiger partial charge in [-0.2, -0.15) is 17.9 Å². The smallest absolute Gasteiger partial charge is 0.198 e. The van der Waals surface area contributed by atoms with Gasteiger partial charge in [-0.1, -0.05) is 0 Å². The van der Waals surface area contributed by atoms with E-state index in [1.54, 1.807) is 6.92 Å². The summed E-state index contributed by atoms with van der Waals surface area (Å²) < 4.78 is 38.2. The number of tetrazole rings is 1. The molecule has 4 nitrogen and oxygen atoms in total. The van der Waals surface area contributed by atoms with E-state index in [9.17, 15) is 13.2 Å². The SMILES string of the molecule is Cc1nnnn1-c1ccc(C(F)(F)F)cc1. The van der Waals surface area contributed by atoms with Gasteiger partial charge < -0.3 is 0 Å².